The number of anilines is 1. The molecule has 1 aromatic rings. The monoisotopic (exact) mass is 465 g/mol. The van der Waals surface area contributed by atoms with E-state index < -0.39 is 5.60 Å². The highest BCUT2D eigenvalue weighted by Crippen LogP contribution is 2.39. The minimum absolute atomic E-state index is 0.00543. The molecular weight excluding hydrogens is 426 g/mol. The van der Waals surface area contributed by atoms with E-state index in [0.717, 1.165) is 18.5 Å². The molecule has 0 saturated heterocycles. The lowest BCUT2D eigenvalue weighted by Crippen LogP contribution is -2.52. The molecule has 180 valence electrons. The van der Waals surface area contributed by atoms with Crippen LogP contribution in [0, 0.1) is 17.2 Å². The second-order valence-corrected chi connectivity index (χ2v) is 10.0. The van der Waals surface area contributed by atoms with Crippen LogP contribution in [0.2, 0.25) is 5.02 Å². The average Bonchev–Trinajstić information content (AvgIpc) is 2.72. The molecule has 2 rings (SSSR count). The highest BCUT2D eigenvalue weighted by Gasteiger charge is 2.41. The van der Waals surface area contributed by atoms with Gasteiger partial charge in [0.2, 0.25) is 5.91 Å². The van der Waals surface area contributed by atoms with Crippen LogP contribution in [-0.4, -0.2) is 53.5 Å². The second kappa shape index (κ2) is 10.9. The molecule has 0 aromatic heterocycles. The van der Waals surface area contributed by atoms with Crippen molar-refractivity contribution in [3.8, 4) is 5.75 Å². The van der Waals surface area contributed by atoms with Crippen LogP contribution >= 0.6 is 11.6 Å². The summed E-state index contributed by atoms with van der Waals surface area (Å²) in [5.41, 5.74) is 0.882. The number of hydrogen-bond donors (Lipinski definition) is 3. The summed E-state index contributed by atoms with van der Waals surface area (Å²) >= 11 is 6.54. The largest absolute Gasteiger partial charge is 0.495 e. The van der Waals surface area contributed by atoms with Gasteiger partial charge in [0.1, 0.15) is 5.75 Å². The number of ether oxygens (including phenoxy) is 1. The molecule has 1 aromatic carbocycles. The Morgan fingerprint density at radius 2 is 2.03 bits per heavy atom. The van der Waals surface area contributed by atoms with Crippen molar-refractivity contribution in [1.29, 1.82) is 5.41 Å². The number of nitrogens with zero attached hydrogens (tertiary/aromatic N) is 1. The van der Waals surface area contributed by atoms with E-state index in [1.807, 2.05) is 38.7 Å². The lowest BCUT2D eigenvalue weighted by molar-refractivity contribution is -0.140. The topological polar surface area (TPSA) is 85.7 Å². The number of methoxy groups -OCH3 is 1. The molecule has 1 aliphatic rings. The van der Waals surface area contributed by atoms with Crippen molar-refractivity contribution in [3.63, 3.8) is 0 Å². The number of nitrogens with one attached hydrogen (secondary N) is 2. The number of carbonyl (C=O) groups is 1. The maximum Gasteiger partial charge on any atom is 0.223 e. The van der Waals surface area contributed by atoms with Crippen LogP contribution in [0.3, 0.4) is 0 Å². The maximum atomic E-state index is 13.5. The number of aliphatic hydroxyl groups is 1. The first kappa shape index (κ1) is 26.5. The van der Waals surface area contributed by atoms with Gasteiger partial charge in [-0.15, -0.1) is 0 Å². The molecule has 32 heavy (non-hydrogen) atoms. The lowest BCUT2D eigenvalue weighted by atomic mass is 9.74. The van der Waals surface area contributed by atoms with Crippen molar-refractivity contribution in [3.05, 3.63) is 22.7 Å². The van der Waals surface area contributed by atoms with Gasteiger partial charge < -0.3 is 25.5 Å². The highest BCUT2D eigenvalue weighted by molar-refractivity contribution is 6.36. The van der Waals surface area contributed by atoms with E-state index >= 15 is 0 Å². The van der Waals surface area contributed by atoms with Crippen molar-refractivity contribution in [2.45, 2.75) is 84.4 Å². The number of benzene rings is 1. The molecule has 1 fully saturated rings. The van der Waals surface area contributed by atoms with Gasteiger partial charge in [0.15, 0.2) is 0 Å². The third kappa shape index (κ3) is 5.76. The predicted molar refractivity (Wildman–Crippen MR) is 132 cm³/mol. The molecule has 1 aliphatic carbocycles. The van der Waals surface area contributed by atoms with Gasteiger partial charge in [-0.3, -0.25) is 4.79 Å². The maximum absolute atomic E-state index is 13.5. The van der Waals surface area contributed by atoms with Gasteiger partial charge in [0, 0.05) is 48.4 Å². The Kier molecular flexibility index (Phi) is 9.00. The molecule has 0 spiro atoms. The Balaban J connectivity index is 2.25. The highest BCUT2D eigenvalue weighted by atomic mass is 35.5. The third-order valence-corrected chi connectivity index (χ3v) is 7.13. The van der Waals surface area contributed by atoms with E-state index in [1.54, 1.807) is 20.2 Å². The Labute approximate surface area is 198 Å². The summed E-state index contributed by atoms with van der Waals surface area (Å²) in [6, 6.07) is 3.62. The molecule has 4 unspecified atom stereocenters. The molecule has 0 aliphatic heterocycles. The zero-order chi connectivity index (χ0) is 24.2. The molecular formula is C25H40ClN3O3. The zero-order valence-electron chi connectivity index (χ0n) is 20.6. The Morgan fingerprint density at radius 1 is 1.38 bits per heavy atom. The quantitative estimate of drug-likeness (QED) is 0.429. The molecule has 4 atom stereocenters. The van der Waals surface area contributed by atoms with E-state index in [0.29, 0.717) is 40.8 Å². The second-order valence-electron chi connectivity index (χ2n) is 9.65. The van der Waals surface area contributed by atoms with E-state index in [1.165, 1.54) is 0 Å². The number of hydrogen-bond acceptors (Lipinski definition) is 5. The summed E-state index contributed by atoms with van der Waals surface area (Å²) < 4.78 is 5.33. The van der Waals surface area contributed by atoms with E-state index in [-0.39, 0.29) is 30.3 Å². The van der Waals surface area contributed by atoms with Crippen molar-refractivity contribution in [2.24, 2.45) is 11.8 Å². The Bertz CT molecular complexity index is 829. The molecule has 1 saturated carbocycles. The summed E-state index contributed by atoms with van der Waals surface area (Å²) in [4.78, 5) is 15.4. The molecule has 0 radical (unpaired) electrons. The van der Waals surface area contributed by atoms with Crippen LogP contribution in [0.1, 0.15) is 72.3 Å². The van der Waals surface area contributed by atoms with E-state index in [9.17, 15) is 9.90 Å². The van der Waals surface area contributed by atoms with Crippen LogP contribution in [0.4, 0.5) is 5.69 Å². The number of carbonyl (C=O) groups excluding carboxylic acids is 1. The summed E-state index contributed by atoms with van der Waals surface area (Å²) in [6.45, 7) is 10.1. The first-order valence-corrected chi connectivity index (χ1v) is 12.0. The van der Waals surface area contributed by atoms with Crippen LogP contribution in [0.25, 0.3) is 0 Å². The average molecular weight is 466 g/mol. The minimum Gasteiger partial charge on any atom is -0.495 e. The van der Waals surface area contributed by atoms with Crippen LogP contribution < -0.4 is 10.1 Å². The van der Waals surface area contributed by atoms with Crippen molar-refractivity contribution < 1.29 is 14.6 Å². The van der Waals surface area contributed by atoms with Crippen LogP contribution in [-0.2, 0) is 4.79 Å². The molecule has 6 nitrogen and oxygen atoms in total. The third-order valence-electron chi connectivity index (χ3n) is 6.75. The van der Waals surface area contributed by atoms with E-state index in [2.05, 4.69) is 12.2 Å². The molecule has 1 amide bonds. The summed E-state index contributed by atoms with van der Waals surface area (Å²) in [5.74, 6) is 0.548. The fourth-order valence-corrected chi connectivity index (χ4v) is 5.46. The Hall–Kier alpha value is -1.79. The van der Waals surface area contributed by atoms with Gasteiger partial charge in [-0.1, -0.05) is 32.4 Å². The van der Waals surface area contributed by atoms with Crippen molar-refractivity contribution in [2.75, 3.05) is 19.5 Å². The van der Waals surface area contributed by atoms with Gasteiger partial charge in [-0.05, 0) is 57.6 Å². The minimum atomic E-state index is -0.718. The molecule has 0 bridgehead atoms. The summed E-state index contributed by atoms with van der Waals surface area (Å²) in [7, 11) is 3.33. The zero-order valence-corrected chi connectivity index (χ0v) is 21.3. The Morgan fingerprint density at radius 3 is 2.56 bits per heavy atom. The first-order chi connectivity index (χ1) is 15.0. The van der Waals surface area contributed by atoms with Gasteiger partial charge in [0.25, 0.3) is 0 Å². The summed E-state index contributed by atoms with van der Waals surface area (Å²) in [5, 5.41) is 23.3. The normalized spacial score (nSPS) is 24.2. The number of amides is 1. The van der Waals surface area contributed by atoms with Gasteiger partial charge in [-0.25, -0.2) is 0 Å². The fraction of sp³-hybridized carbons (Fsp3) is 0.680. The van der Waals surface area contributed by atoms with Gasteiger partial charge in [0.05, 0.1) is 17.7 Å². The van der Waals surface area contributed by atoms with Gasteiger partial charge >= 0.3 is 0 Å². The lowest BCUT2D eigenvalue weighted by Gasteiger charge is -2.46. The number of rotatable bonds is 9. The first-order valence-electron chi connectivity index (χ1n) is 11.6. The molecule has 7 heteroatoms. The van der Waals surface area contributed by atoms with E-state index in [4.69, 9.17) is 21.7 Å². The molecule has 0 heterocycles. The predicted octanol–water partition coefficient (Wildman–Crippen LogP) is 5.35. The smallest absolute Gasteiger partial charge is 0.223 e. The fourth-order valence-electron chi connectivity index (χ4n) is 5.12. The summed E-state index contributed by atoms with van der Waals surface area (Å²) in [6.07, 6.45) is 3.18. The number of halogens is 1. The van der Waals surface area contributed by atoms with Crippen LogP contribution in [0.15, 0.2) is 12.1 Å². The van der Waals surface area contributed by atoms with Gasteiger partial charge in [-0.2, -0.15) is 0 Å². The van der Waals surface area contributed by atoms with Crippen molar-refractivity contribution in [1.82, 2.24) is 4.90 Å². The van der Waals surface area contributed by atoms with Crippen molar-refractivity contribution >= 4 is 28.9 Å². The van der Waals surface area contributed by atoms with Crippen LogP contribution in [0.5, 0.6) is 5.75 Å². The SMILES string of the molecule is CCC1(O)CC(C)CC(N(C(=O)CC(C)C(=N)c2c(NC)ccc(OC)c2Cl)C(C)C)C1. The molecule has 3 N–H and O–H groups in total. The standard InChI is InChI=1S/C25H40ClN3O3/c1-8-25(31)13-16(4)11-18(14-25)29(15(2)3)21(30)12-17(5)24(27)22-19(28-6)9-10-20(32-7)23(22)26/h9-10,15-18,27-28,31H,8,11-14H2,1-7H3.